The molecule has 0 saturated carbocycles. The van der Waals surface area contributed by atoms with Gasteiger partial charge in [0.25, 0.3) is 0 Å². The number of hydrogen-bond donors (Lipinski definition) is 1. The lowest BCUT2D eigenvalue weighted by Crippen LogP contribution is -2.16. The van der Waals surface area contributed by atoms with Gasteiger partial charge in [0.05, 0.1) is 11.9 Å². The fraction of sp³-hybridized carbons (Fsp3) is 0.700. The predicted molar refractivity (Wildman–Crippen MR) is 55.6 cm³/mol. The van der Waals surface area contributed by atoms with E-state index in [4.69, 9.17) is 5.11 Å². The largest absolute Gasteiger partial charge is 0.481 e. The maximum absolute atomic E-state index is 11.1. The quantitative estimate of drug-likeness (QED) is 0.777. The molecular formula is C10H17N3O2. The van der Waals surface area contributed by atoms with Gasteiger partial charge in [0.1, 0.15) is 5.92 Å². The normalized spacial score (nSPS) is 12.7. The van der Waals surface area contributed by atoms with E-state index in [-0.39, 0.29) is 0 Å². The van der Waals surface area contributed by atoms with E-state index in [9.17, 15) is 4.79 Å². The van der Waals surface area contributed by atoms with Crippen molar-refractivity contribution >= 4 is 5.97 Å². The molecule has 1 unspecified atom stereocenters. The zero-order valence-electron chi connectivity index (χ0n) is 9.18. The molecule has 0 amide bonds. The molecule has 0 aliphatic rings. The van der Waals surface area contributed by atoms with Gasteiger partial charge in [0.2, 0.25) is 0 Å². The number of aryl methyl sites for hydroxylation is 1. The maximum Gasteiger partial charge on any atom is 0.312 e. The van der Waals surface area contributed by atoms with Gasteiger partial charge >= 0.3 is 5.97 Å². The molecule has 0 fully saturated rings. The predicted octanol–water partition coefficient (Wildman–Crippen LogP) is 1.66. The first kappa shape index (κ1) is 11.7. The molecule has 1 N–H and O–H groups in total. The Morgan fingerprint density at radius 2 is 2.27 bits per heavy atom. The lowest BCUT2D eigenvalue weighted by atomic mass is 10.0. The van der Waals surface area contributed by atoms with Crippen molar-refractivity contribution in [1.82, 2.24) is 15.0 Å². The van der Waals surface area contributed by atoms with Gasteiger partial charge in [0.15, 0.2) is 0 Å². The van der Waals surface area contributed by atoms with Crippen LogP contribution >= 0.6 is 0 Å². The number of carbonyl (C=O) groups is 1. The molecule has 5 nitrogen and oxygen atoms in total. The smallest absolute Gasteiger partial charge is 0.312 e. The summed E-state index contributed by atoms with van der Waals surface area (Å²) in [5, 5.41) is 16.8. The fourth-order valence-electron chi connectivity index (χ4n) is 1.61. The Morgan fingerprint density at radius 1 is 1.53 bits per heavy atom. The van der Waals surface area contributed by atoms with Crippen molar-refractivity contribution in [2.45, 2.75) is 45.6 Å². The summed E-state index contributed by atoms with van der Waals surface area (Å²) in [6.45, 7) is 4.73. The second-order valence-electron chi connectivity index (χ2n) is 3.56. The van der Waals surface area contributed by atoms with Gasteiger partial charge in [0, 0.05) is 6.54 Å². The first-order chi connectivity index (χ1) is 7.20. The molecule has 1 atom stereocenters. The SMILES string of the molecule is CCCC(C(=O)O)c1cnnn1CCC. The highest BCUT2D eigenvalue weighted by Crippen LogP contribution is 2.20. The van der Waals surface area contributed by atoms with Gasteiger partial charge in [-0.1, -0.05) is 25.5 Å². The Balaban J connectivity index is 2.89. The van der Waals surface area contributed by atoms with Crippen LogP contribution in [0.3, 0.4) is 0 Å². The van der Waals surface area contributed by atoms with Gasteiger partial charge in [-0.3, -0.25) is 4.79 Å². The third-order valence-corrected chi connectivity index (χ3v) is 2.32. The van der Waals surface area contributed by atoms with Crippen LogP contribution in [0.15, 0.2) is 6.20 Å². The standard InChI is InChI=1S/C10H17N3O2/c1-3-5-8(10(14)15)9-7-11-12-13(9)6-4-2/h7-8H,3-6H2,1-2H3,(H,14,15). The average Bonchev–Trinajstić information content (AvgIpc) is 2.62. The molecule has 0 saturated heterocycles. The Hall–Kier alpha value is -1.39. The second kappa shape index (κ2) is 5.48. The van der Waals surface area contributed by atoms with Crippen molar-refractivity contribution in [3.05, 3.63) is 11.9 Å². The van der Waals surface area contributed by atoms with E-state index in [1.54, 1.807) is 10.9 Å². The Labute approximate surface area is 89.1 Å². The van der Waals surface area contributed by atoms with Crippen LogP contribution in [0.4, 0.5) is 0 Å². The van der Waals surface area contributed by atoms with Crippen LogP contribution in [0, 0.1) is 0 Å². The molecule has 0 bridgehead atoms. The highest BCUT2D eigenvalue weighted by Gasteiger charge is 2.22. The third-order valence-electron chi connectivity index (χ3n) is 2.32. The summed E-state index contributed by atoms with van der Waals surface area (Å²) in [6, 6.07) is 0. The van der Waals surface area contributed by atoms with Crippen molar-refractivity contribution in [3.8, 4) is 0 Å². The lowest BCUT2D eigenvalue weighted by molar-refractivity contribution is -0.139. The second-order valence-corrected chi connectivity index (χ2v) is 3.56. The zero-order chi connectivity index (χ0) is 11.3. The number of rotatable bonds is 6. The van der Waals surface area contributed by atoms with Crippen molar-refractivity contribution in [2.24, 2.45) is 0 Å². The Kier molecular flexibility index (Phi) is 4.27. The maximum atomic E-state index is 11.1. The zero-order valence-corrected chi connectivity index (χ0v) is 9.18. The summed E-state index contributed by atoms with van der Waals surface area (Å²) < 4.78 is 1.69. The third kappa shape index (κ3) is 2.78. The number of nitrogens with zero attached hydrogens (tertiary/aromatic N) is 3. The Morgan fingerprint density at radius 3 is 2.80 bits per heavy atom. The first-order valence-corrected chi connectivity index (χ1v) is 5.31. The van der Waals surface area contributed by atoms with Crippen molar-refractivity contribution < 1.29 is 9.90 Å². The summed E-state index contributed by atoms with van der Waals surface area (Å²) in [7, 11) is 0. The molecule has 1 rings (SSSR count). The molecule has 84 valence electrons. The van der Waals surface area contributed by atoms with Crippen LogP contribution in [0.1, 0.15) is 44.7 Å². The molecule has 0 aliphatic carbocycles. The molecule has 1 aromatic rings. The van der Waals surface area contributed by atoms with E-state index < -0.39 is 11.9 Å². The molecule has 1 heterocycles. The summed E-state index contributed by atoms with van der Waals surface area (Å²) in [4.78, 5) is 11.1. The lowest BCUT2D eigenvalue weighted by Gasteiger charge is -2.12. The van der Waals surface area contributed by atoms with E-state index in [1.807, 2.05) is 13.8 Å². The molecule has 0 aromatic carbocycles. The van der Waals surface area contributed by atoms with E-state index in [0.717, 1.165) is 19.4 Å². The molecular weight excluding hydrogens is 194 g/mol. The fourth-order valence-corrected chi connectivity index (χ4v) is 1.61. The summed E-state index contributed by atoms with van der Waals surface area (Å²) in [5.74, 6) is -1.27. The molecule has 0 radical (unpaired) electrons. The van der Waals surface area contributed by atoms with E-state index >= 15 is 0 Å². The minimum absolute atomic E-state index is 0.475. The van der Waals surface area contributed by atoms with Crippen molar-refractivity contribution in [1.29, 1.82) is 0 Å². The minimum Gasteiger partial charge on any atom is -0.481 e. The monoisotopic (exact) mass is 211 g/mol. The van der Waals surface area contributed by atoms with Crippen LogP contribution < -0.4 is 0 Å². The van der Waals surface area contributed by atoms with Crippen molar-refractivity contribution in [2.75, 3.05) is 0 Å². The highest BCUT2D eigenvalue weighted by atomic mass is 16.4. The molecule has 1 aromatic heterocycles. The Bertz CT molecular complexity index is 322. The number of aliphatic carboxylic acids is 1. The van der Waals surface area contributed by atoms with E-state index in [1.165, 1.54) is 0 Å². The summed E-state index contributed by atoms with van der Waals surface area (Å²) >= 11 is 0. The van der Waals surface area contributed by atoms with Gasteiger partial charge in [-0.15, -0.1) is 5.10 Å². The summed E-state index contributed by atoms with van der Waals surface area (Å²) in [5.41, 5.74) is 0.714. The topological polar surface area (TPSA) is 68.0 Å². The van der Waals surface area contributed by atoms with Gasteiger partial charge in [-0.05, 0) is 12.8 Å². The molecule has 15 heavy (non-hydrogen) atoms. The summed E-state index contributed by atoms with van der Waals surface area (Å²) in [6.07, 6.45) is 3.96. The van der Waals surface area contributed by atoms with Crippen LogP contribution in [0.5, 0.6) is 0 Å². The highest BCUT2D eigenvalue weighted by molar-refractivity contribution is 5.75. The first-order valence-electron chi connectivity index (χ1n) is 5.31. The van der Waals surface area contributed by atoms with Crippen LogP contribution in [-0.2, 0) is 11.3 Å². The molecule has 0 aliphatic heterocycles. The molecule has 5 heteroatoms. The van der Waals surface area contributed by atoms with E-state index in [0.29, 0.717) is 12.1 Å². The average molecular weight is 211 g/mol. The van der Waals surface area contributed by atoms with Crippen LogP contribution in [-0.4, -0.2) is 26.1 Å². The number of carboxylic acid groups (broad SMARTS) is 1. The minimum atomic E-state index is -0.795. The molecule has 0 spiro atoms. The number of hydrogen-bond acceptors (Lipinski definition) is 3. The van der Waals surface area contributed by atoms with Crippen LogP contribution in [0.25, 0.3) is 0 Å². The van der Waals surface area contributed by atoms with Gasteiger partial charge < -0.3 is 5.11 Å². The van der Waals surface area contributed by atoms with Gasteiger partial charge in [-0.25, -0.2) is 4.68 Å². The van der Waals surface area contributed by atoms with Crippen LogP contribution in [0.2, 0.25) is 0 Å². The van der Waals surface area contributed by atoms with Gasteiger partial charge in [-0.2, -0.15) is 0 Å². The number of aromatic nitrogens is 3. The van der Waals surface area contributed by atoms with Crippen molar-refractivity contribution in [3.63, 3.8) is 0 Å². The number of carboxylic acids is 1. The van der Waals surface area contributed by atoms with E-state index in [2.05, 4.69) is 10.3 Å².